The van der Waals surface area contributed by atoms with Gasteiger partial charge in [0.15, 0.2) is 0 Å². The molecule has 0 aliphatic carbocycles. The lowest BCUT2D eigenvalue weighted by molar-refractivity contribution is -0.121. The van der Waals surface area contributed by atoms with Crippen LogP contribution in [-0.4, -0.2) is 19.1 Å². The zero-order valence-corrected chi connectivity index (χ0v) is 12.3. The number of nitrogens with two attached hydrogens (primary N) is 1. The van der Waals surface area contributed by atoms with Gasteiger partial charge in [0.1, 0.15) is 5.75 Å². The number of hydrogen-bond acceptors (Lipinski definition) is 3. The van der Waals surface area contributed by atoms with Gasteiger partial charge >= 0.3 is 0 Å². The number of nitrogens with one attached hydrogen (secondary N) is 1. The summed E-state index contributed by atoms with van der Waals surface area (Å²) in [6.45, 7) is 2.41. The van der Waals surface area contributed by atoms with Crippen molar-refractivity contribution in [2.75, 3.05) is 7.11 Å². The highest BCUT2D eigenvalue weighted by atomic mass is 79.9. The molecule has 0 fully saturated rings. The van der Waals surface area contributed by atoms with Crippen LogP contribution in [0.25, 0.3) is 0 Å². The molecule has 100 valence electrons. The number of amides is 1. The summed E-state index contributed by atoms with van der Waals surface area (Å²) in [7, 11) is 1.62. The molecule has 0 aliphatic rings. The van der Waals surface area contributed by atoms with E-state index in [1.54, 1.807) is 7.11 Å². The van der Waals surface area contributed by atoms with Crippen molar-refractivity contribution in [1.29, 1.82) is 0 Å². The van der Waals surface area contributed by atoms with Gasteiger partial charge in [-0.2, -0.15) is 0 Å². The summed E-state index contributed by atoms with van der Waals surface area (Å²) in [6, 6.07) is 5.79. The second-order valence-corrected chi connectivity index (χ2v) is 5.12. The van der Waals surface area contributed by atoms with Crippen LogP contribution in [0.5, 0.6) is 5.75 Å². The lowest BCUT2D eigenvalue weighted by Crippen LogP contribution is -2.25. The van der Waals surface area contributed by atoms with Crippen LogP contribution < -0.4 is 15.8 Å². The molecule has 0 saturated heterocycles. The Bertz CT molecular complexity index is 408. The van der Waals surface area contributed by atoms with Crippen LogP contribution in [0.4, 0.5) is 0 Å². The van der Waals surface area contributed by atoms with E-state index in [1.807, 2.05) is 25.1 Å². The average molecular weight is 315 g/mol. The number of carbonyl (C=O) groups excluding carboxylic acids is 1. The fraction of sp³-hybridized carbons (Fsp3) is 0.462. The number of carbonyl (C=O) groups is 1. The molecule has 4 nitrogen and oxygen atoms in total. The molecule has 1 atom stereocenters. The number of hydrogen-bond donors (Lipinski definition) is 2. The number of methoxy groups -OCH3 is 1. The van der Waals surface area contributed by atoms with Crippen molar-refractivity contribution in [1.82, 2.24) is 5.32 Å². The van der Waals surface area contributed by atoms with Crippen molar-refractivity contribution in [3.05, 3.63) is 28.2 Å². The first-order valence-electron chi connectivity index (χ1n) is 5.87. The van der Waals surface area contributed by atoms with E-state index in [0.717, 1.165) is 15.8 Å². The Morgan fingerprint density at radius 2 is 2.28 bits per heavy atom. The SMILES string of the molecule is COc1ccc(CNC(=O)CCC(C)N)cc1Br. The molecule has 1 amide bonds. The summed E-state index contributed by atoms with van der Waals surface area (Å²) < 4.78 is 6.02. The first kappa shape index (κ1) is 15.0. The third-order valence-corrected chi connectivity index (χ3v) is 3.15. The lowest BCUT2D eigenvalue weighted by atomic mass is 10.2. The Morgan fingerprint density at radius 1 is 1.56 bits per heavy atom. The Labute approximate surface area is 116 Å². The van der Waals surface area contributed by atoms with Crippen LogP contribution in [0, 0.1) is 0 Å². The van der Waals surface area contributed by atoms with Crippen molar-refractivity contribution in [3.63, 3.8) is 0 Å². The van der Waals surface area contributed by atoms with Gasteiger partial charge in [0.05, 0.1) is 11.6 Å². The molecule has 18 heavy (non-hydrogen) atoms. The monoisotopic (exact) mass is 314 g/mol. The van der Waals surface area contributed by atoms with Gasteiger partial charge in [-0.05, 0) is 47.0 Å². The zero-order valence-electron chi connectivity index (χ0n) is 10.7. The van der Waals surface area contributed by atoms with E-state index in [-0.39, 0.29) is 11.9 Å². The van der Waals surface area contributed by atoms with Crippen molar-refractivity contribution in [2.24, 2.45) is 5.73 Å². The van der Waals surface area contributed by atoms with Crippen LogP contribution in [0.1, 0.15) is 25.3 Å². The van der Waals surface area contributed by atoms with Crippen LogP contribution in [0.2, 0.25) is 0 Å². The topological polar surface area (TPSA) is 64.3 Å². The molecule has 0 saturated carbocycles. The molecule has 0 bridgehead atoms. The molecular formula is C13H19BrN2O2. The third-order valence-electron chi connectivity index (χ3n) is 2.53. The van der Waals surface area contributed by atoms with Crippen molar-refractivity contribution < 1.29 is 9.53 Å². The van der Waals surface area contributed by atoms with E-state index in [0.29, 0.717) is 19.4 Å². The van der Waals surface area contributed by atoms with E-state index in [1.165, 1.54) is 0 Å². The molecule has 1 aromatic carbocycles. The van der Waals surface area contributed by atoms with Gasteiger partial charge in [0, 0.05) is 19.0 Å². The van der Waals surface area contributed by atoms with E-state index in [4.69, 9.17) is 10.5 Å². The van der Waals surface area contributed by atoms with Crippen molar-refractivity contribution in [2.45, 2.75) is 32.4 Å². The molecule has 0 aliphatic heterocycles. The Balaban J connectivity index is 2.43. The number of rotatable bonds is 6. The number of benzene rings is 1. The van der Waals surface area contributed by atoms with E-state index in [2.05, 4.69) is 21.2 Å². The van der Waals surface area contributed by atoms with E-state index in [9.17, 15) is 4.79 Å². The zero-order chi connectivity index (χ0) is 13.5. The van der Waals surface area contributed by atoms with Crippen LogP contribution in [0.15, 0.2) is 22.7 Å². The minimum atomic E-state index is 0.0271. The van der Waals surface area contributed by atoms with Gasteiger partial charge in [0.25, 0.3) is 0 Å². The average Bonchev–Trinajstić information content (AvgIpc) is 2.34. The van der Waals surface area contributed by atoms with Crippen LogP contribution in [-0.2, 0) is 11.3 Å². The Hall–Kier alpha value is -1.07. The molecule has 1 rings (SSSR count). The fourth-order valence-electron chi connectivity index (χ4n) is 1.47. The second kappa shape index (κ2) is 7.38. The van der Waals surface area contributed by atoms with Crippen LogP contribution in [0.3, 0.4) is 0 Å². The summed E-state index contributed by atoms with van der Waals surface area (Å²) in [4.78, 5) is 11.5. The molecule has 3 N–H and O–H groups in total. The molecule has 0 heterocycles. The summed E-state index contributed by atoms with van der Waals surface area (Å²) in [5.74, 6) is 0.807. The largest absolute Gasteiger partial charge is 0.496 e. The highest BCUT2D eigenvalue weighted by Gasteiger charge is 2.05. The van der Waals surface area contributed by atoms with Gasteiger partial charge < -0.3 is 15.8 Å². The highest BCUT2D eigenvalue weighted by Crippen LogP contribution is 2.25. The van der Waals surface area contributed by atoms with Gasteiger partial charge in [-0.3, -0.25) is 4.79 Å². The molecule has 5 heteroatoms. The van der Waals surface area contributed by atoms with E-state index < -0.39 is 0 Å². The Kier molecular flexibility index (Phi) is 6.15. The van der Waals surface area contributed by atoms with E-state index >= 15 is 0 Å². The van der Waals surface area contributed by atoms with Crippen molar-refractivity contribution in [3.8, 4) is 5.75 Å². The van der Waals surface area contributed by atoms with Gasteiger partial charge in [-0.1, -0.05) is 6.07 Å². The first-order chi connectivity index (χ1) is 8.52. The maximum atomic E-state index is 11.5. The molecule has 1 unspecified atom stereocenters. The first-order valence-corrected chi connectivity index (χ1v) is 6.67. The maximum Gasteiger partial charge on any atom is 0.220 e. The molecule has 1 aromatic rings. The lowest BCUT2D eigenvalue weighted by Gasteiger charge is -2.09. The van der Waals surface area contributed by atoms with Gasteiger partial charge in [0.2, 0.25) is 5.91 Å². The predicted molar refractivity (Wildman–Crippen MR) is 75.4 cm³/mol. The fourth-order valence-corrected chi connectivity index (χ4v) is 2.06. The maximum absolute atomic E-state index is 11.5. The summed E-state index contributed by atoms with van der Waals surface area (Å²) in [5.41, 5.74) is 6.62. The number of ether oxygens (including phenoxy) is 1. The molecule has 0 spiro atoms. The smallest absolute Gasteiger partial charge is 0.220 e. The third kappa shape index (κ3) is 5.06. The van der Waals surface area contributed by atoms with Gasteiger partial charge in [-0.25, -0.2) is 0 Å². The normalized spacial score (nSPS) is 12.0. The predicted octanol–water partition coefficient (Wildman–Crippen LogP) is 2.20. The summed E-state index contributed by atoms with van der Waals surface area (Å²) in [5, 5.41) is 2.86. The second-order valence-electron chi connectivity index (χ2n) is 4.26. The molecule has 0 radical (unpaired) electrons. The quantitative estimate of drug-likeness (QED) is 0.846. The standard InChI is InChI=1S/C13H19BrN2O2/c1-9(15)3-6-13(17)16-8-10-4-5-12(18-2)11(14)7-10/h4-5,7,9H,3,6,8,15H2,1-2H3,(H,16,17). The summed E-state index contributed by atoms with van der Waals surface area (Å²) >= 11 is 3.41. The van der Waals surface area contributed by atoms with Crippen LogP contribution >= 0.6 is 15.9 Å². The highest BCUT2D eigenvalue weighted by molar-refractivity contribution is 9.10. The minimum absolute atomic E-state index is 0.0271. The molecule has 0 aromatic heterocycles. The molecular weight excluding hydrogens is 296 g/mol. The van der Waals surface area contributed by atoms with Gasteiger partial charge in [-0.15, -0.1) is 0 Å². The number of halogens is 1. The summed E-state index contributed by atoms with van der Waals surface area (Å²) in [6.07, 6.45) is 1.17. The Morgan fingerprint density at radius 3 is 2.83 bits per heavy atom. The minimum Gasteiger partial charge on any atom is -0.496 e. The van der Waals surface area contributed by atoms with Crippen molar-refractivity contribution >= 4 is 21.8 Å².